The number of piperidine rings is 1. The van der Waals surface area contributed by atoms with Crippen molar-refractivity contribution >= 4 is 0 Å². The highest BCUT2D eigenvalue weighted by atomic mass is 15.2. The molecule has 0 spiro atoms. The Morgan fingerprint density at radius 2 is 1.95 bits per heavy atom. The summed E-state index contributed by atoms with van der Waals surface area (Å²) in [5, 5.41) is 3.52. The third-order valence-corrected chi connectivity index (χ3v) is 5.35. The average molecular weight is 267 g/mol. The van der Waals surface area contributed by atoms with Gasteiger partial charge in [0.25, 0.3) is 0 Å². The molecule has 1 saturated carbocycles. The molecular weight excluding hydrogens is 234 g/mol. The van der Waals surface area contributed by atoms with Crippen LogP contribution in [0.25, 0.3) is 0 Å². The fourth-order valence-electron chi connectivity index (χ4n) is 3.73. The van der Waals surface area contributed by atoms with E-state index in [1.54, 1.807) is 0 Å². The van der Waals surface area contributed by atoms with E-state index in [0.29, 0.717) is 5.54 Å². The molecule has 1 unspecified atom stereocenters. The lowest BCUT2D eigenvalue weighted by Crippen LogP contribution is -2.56. The van der Waals surface area contributed by atoms with Gasteiger partial charge in [0.2, 0.25) is 0 Å². The largest absolute Gasteiger partial charge is 0.316 e. The van der Waals surface area contributed by atoms with Crippen LogP contribution in [0, 0.1) is 5.92 Å². The molecule has 0 aromatic heterocycles. The normalized spacial score (nSPS) is 26.7. The Hall–Kier alpha value is -0.120. The molecule has 0 radical (unpaired) electrons. The molecule has 2 aliphatic rings. The van der Waals surface area contributed by atoms with Gasteiger partial charge in [0.1, 0.15) is 0 Å². The summed E-state index contributed by atoms with van der Waals surface area (Å²) in [6, 6.07) is 0. The third-order valence-electron chi connectivity index (χ3n) is 5.35. The number of likely N-dealkylation sites (N-methyl/N-ethyl adjacent to an activating group) is 2. The molecule has 1 heterocycles. The minimum Gasteiger partial charge on any atom is -0.316 e. The fourth-order valence-corrected chi connectivity index (χ4v) is 3.73. The van der Waals surface area contributed by atoms with Crippen LogP contribution in [0.5, 0.6) is 0 Å². The van der Waals surface area contributed by atoms with Gasteiger partial charge in [-0.15, -0.1) is 0 Å². The van der Waals surface area contributed by atoms with Crippen molar-refractivity contribution in [2.75, 3.05) is 47.3 Å². The molecule has 0 amide bonds. The smallest absolute Gasteiger partial charge is 0.0330 e. The molecule has 1 aliphatic carbocycles. The van der Waals surface area contributed by atoms with Crippen LogP contribution in [-0.2, 0) is 0 Å². The van der Waals surface area contributed by atoms with Crippen molar-refractivity contribution in [1.82, 2.24) is 15.1 Å². The van der Waals surface area contributed by atoms with Crippen molar-refractivity contribution in [1.29, 1.82) is 0 Å². The Bertz CT molecular complexity index is 255. The maximum atomic E-state index is 3.52. The van der Waals surface area contributed by atoms with Crippen LogP contribution >= 0.6 is 0 Å². The Kier molecular flexibility index (Phi) is 5.67. The highest BCUT2D eigenvalue weighted by Crippen LogP contribution is 2.36. The average Bonchev–Trinajstić information content (AvgIpc) is 2.34. The van der Waals surface area contributed by atoms with Crippen molar-refractivity contribution in [3.8, 4) is 0 Å². The first-order valence-corrected chi connectivity index (χ1v) is 8.19. The summed E-state index contributed by atoms with van der Waals surface area (Å²) in [7, 11) is 6.81. The van der Waals surface area contributed by atoms with E-state index in [0.717, 1.165) is 5.92 Å². The number of hydrogen-bond acceptors (Lipinski definition) is 3. The zero-order valence-corrected chi connectivity index (χ0v) is 13.2. The molecule has 0 aromatic rings. The molecule has 0 aromatic carbocycles. The second-order valence-corrected chi connectivity index (χ2v) is 7.06. The molecule has 1 aliphatic heterocycles. The Labute approximate surface area is 119 Å². The highest BCUT2D eigenvalue weighted by Gasteiger charge is 2.39. The van der Waals surface area contributed by atoms with Crippen LogP contribution in [0.3, 0.4) is 0 Å². The van der Waals surface area contributed by atoms with E-state index in [-0.39, 0.29) is 0 Å². The predicted molar refractivity (Wildman–Crippen MR) is 82.6 cm³/mol. The van der Waals surface area contributed by atoms with Crippen molar-refractivity contribution in [2.45, 2.75) is 50.5 Å². The van der Waals surface area contributed by atoms with Crippen molar-refractivity contribution in [2.24, 2.45) is 5.92 Å². The van der Waals surface area contributed by atoms with Crippen molar-refractivity contribution in [3.05, 3.63) is 0 Å². The molecular formula is C16H33N3. The first-order valence-electron chi connectivity index (χ1n) is 8.19. The quantitative estimate of drug-likeness (QED) is 0.763. The van der Waals surface area contributed by atoms with Gasteiger partial charge in [-0.3, -0.25) is 0 Å². The zero-order chi connectivity index (χ0) is 13.7. The summed E-state index contributed by atoms with van der Waals surface area (Å²) in [5.74, 6) is 0.939. The van der Waals surface area contributed by atoms with E-state index < -0.39 is 0 Å². The van der Waals surface area contributed by atoms with Crippen LogP contribution in [-0.4, -0.2) is 62.7 Å². The van der Waals surface area contributed by atoms with E-state index in [1.807, 2.05) is 0 Å². The summed E-state index contributed by atoms with van der Waals surface area (Å²) in [5.41, 5.74) is 0.487. The topological polar surface area (TPSA) is 18.5 Å². The zero-order valence-electron chi connectivity index (χ0n) is 13.2. The minimum absolute atomic E-state index is 0.487. The third kappa shape index (κ3) is 4.17. The molecule has 3 nitrogen and oxygen atoms in total. The molecule has 1 atom stereocenters. The van der Waals surface area contributed by atoms with E-state index in [1.165, 1.54) is 71.1 Å². The number of rotatable bonds is 7. The standard InChI is InChI=1S/C16H33N3/c1-18(2)16(9-6-10-16)14-19(3)12-5-8-15-7-4-11-17-13-15/h15,17H,4-14H2,1-3H3. The number of nitrogens with zero attached hydrogens (tertiary/aromatic N) is 2. The van der Waals surface area contributed by atoms with E-state index >= 15 is 0 Å². The Morgan fingerprint density at radius 3 is 2.47 bits per heavy atom. The van der Waals surface area contributed by atoms with Crippen LogP contribution in [0.4, 0.5) is 0 Å². The SMILES string of the molecule is CN(CCCC1CCCNC1)CC1(N(C)C)CCC1. The van der Waals surface area contributed by atoms with Gasteiger partial charge in [0.15, 0.2) is 0 Å². The van der Waals surface area contributed by atoms with Gasteiger partial charge in [-0.25, -0.2) is 0 Å². The van der Waals surface area contributed by atoms with Gasteiger partial charge in [-0.05, 0) is 91.6 Å². The lowest BCUT2D eigenvalue weighted by molar-refractivity contribution is 0.0272. The van der Waals surface area contributed by atoms with Crippen LogP contribution in [0.15, 0.2) is 0 Å². The maximum Gasteiger partial charge on any atom is 0.0330 e. The molecule has 1 saturated heterocycles. The Balaban J connectivity index is 1.62. The fraction of sp³-hybridized carbons (Fsp3) is 1.00. The van der Waals surface area contributed by atoms with Crippen molar-refractivity contribution < 1.29 is 0 Å². The van der Waals surface area contributed by atoms with E-state index in [4.69, 9.17) is 0 Å². The summed E-state index contributed by atoms with van der Waals surface area (Å²) >= 11 is 0. The van der Waals surface area contributed by atoms with Crippen LogP contribution in [0.1, 0.15) is 44.9 Å². The van der Waals surface area contributed by atoms with Gasteiger partial charge in [0.05, 0.1) is 0 Å². The molecule has 19 heavy (non-hydrogen) atoms. The molecule has 0 bridgehead atoms. The predicted octanol–water partition coefficient (Wildman–Crippen LogP) is 2.18. The van der Waals surface area contributed by atoms with E-state index in [9.17, 15) is 0 Å². The van der Waals surface area contributed by atoms with E-state index in [2.05, 4.69) is 36.3 Å². The lowest BCUT2D eigenvalue weighted by Gasteiger charge is -2.49. The molecule has 112 valence electrons. The summed E-state index contributed by atoms with van der Waals surface area (Å²) < 4.78 is 0. The Morgan fingerprint density at radius 1 is 1.16 bits per heavy atom. The molecule has 1 N–H and O–H groups in total. The molecule has 2 fully saturated rings. The van der Waals surface area contributed by atoms with Gasteiger partial charge >= 0.3 is 0 Å². The number of hydrogen-bond donors (Lipinski definition) is 1. The van der Waals surface area contributed by atoms with Gasteiger partial charge in [0, 0.05) is 12.1 Å². The first kappa shape index (κ1) is 15.3. The van der Waals surface area contributed by atoms with Crippen LogP contribution < -0.4 is 5.32 Å². The summed E-state index contributed by atoms with van der Waals surface area (Å²) in [6.07, 6.45) is 9.79. The maximum absolute atomic E-state index is 3.52. The highest BCUT2D eigenvalue weighted by molar-refractivity contribution is 4.97. The summed E-state index contributed by atoms with van der Waals surface area (Å²) in [4.78, 5) is 5.02. The summed E-state index contributed by atoms with van der Waals surface area (Å²) in [6.45, 7) is 5.02. The van der Waals surface area contributed by atoms with Gasteiger partial charge < -0.3 is 15.1 Å². The first-order chi connectivity index (χ1) is 9.12. The number of nitrogens with one attached hydrogen (secondary N) is 1. The van der Waals surface area contributed by atoms with Gasteiger partial charge in [-0.2, -0.15) is 0 Å². The second kappa shape index (κ2) is 7.05. The lowest BCUT2D eigenvalue weighted by atomic mass is 9.75. The van der Waals surface area contributed by atoms with Crippen molar-refractivity contribution in [3.63, 3.8) is 0 Å². The minimum atomic E-state index is 0.487. The molecule has 2 rings (SSSR count). The van der Waals surface area contributed by atoms with Gasteiger partial charge in [-0.1, -0.05) is 0 Å². The monoisotopic (exact) mass is 267 g/mol. The second-order valence-electron chi connectivity index (χ2n) is 7.06. The molecule has 3 heteroatoms. The van der Waals surface area contributed by atoms with Crippen LogP contribution in [0.2, 0.25) is 0 Å².